The molecule has 0 aromatic rings. The molecule has 0 saturated carbocycles. The molecular weight excluding hydrogens is 232 g/mol. The van der Waals surface area contributed by atoms with E-state index in [0.29, 0.717) is 12.5 Å². The van der Waals surface area contributed by atoms with Crippen molar-refractivity contribution < 1.29 is 14.6 Å². The van der Waals surface area contributed by atoms with Crippen LogP contribution in [-0.2, 0) is 9.53 Å². The number of hydrogen-bond donors (Lipinski definition) is 1. The van der Waals surface area contributed by atoms with E-state index in [0.717, 1.165) is 39.2 Å². The number of carbonyl (C=O) groups is 1. The second-order valence-electron chi connectivity index (χ2n) is 4.85. The topological polar surface area (TPSA) is 53.0 Å². The van der Waals surface area contributed by atoms with Gasteiger partial charge in [0.15, 0.2) is 0 Å². The average Bonchev–Trinajstić information content (AvgIpc) is 2.37. The zero-order valence-electron chi connectivity index (χ0n) is 11.8. The lowest BCUT2D eigenvalue weighted by atomic mass is 10.1. The summed E-state index contributed by atoms with van der Waals surface area (Å²) in [4.78, 5) is 15.7. The minimum absolute atomic E-state index is 0.330. The van der Waals surface area contributed by atoms with Gasteiger partial charge in [-0.2, -0.15) is 0 Å². The lowest BCUT2D eigenvalue weighted by molar-refractivity contribution is -0.144. The number of methoxy groups -OCH3 is 1. The Morgan fingerprint density at radius 1 is 1.44 bits per heavy atom. The molecule has 1 heterocycles. The zero-order valence-corrected chi connectivity index (χ0v) is 11.8. The summed E-state index contributed by atoms with van der Waals surface area (Å²) >= 11 is 0. The van der Waals surface area contributed by atoms with Gasteiger partial charge in [-0.1, -0.05) is 13.8 Å². The van der Waals surface area contributed by atoms with Gasteiger partial charge in [-0.05, 0) is 12.8 Å². The molecule has 1 aliphatic heterocycles. The van der Waals surface area contributed by atoms with Gasteiger partial charge in [0.05, 0.1) is 6.61 Å². The fourth-order valence-corrected chi connectivity index (χ4v) is 2.68. The summed E-state index contributed by atoms with van der Waals surface area (Å²) in [6.07, 6.45) is 1.72. The van der Waals surface area contributed by atoms with Crippen molar-refractivity contribution in [1.29, 1.82) is 0 Å². The van der Waals surface area contributed by atoms with E-state index in [9.17, 15) is 9.90 Å². The maximum Gasteiger partial charge on any atom is 0.320 e. The normalized spacial score (nSPS) is 24.1. The number of nitrogens with zero attached hydrogens (tertiary/aromatic N) is 2. The standard InChI is InChI=1S/C13H26N2O3/c1-4-11-10-15(12(5-2)13(16)17)7-6-14(11)8-9-18-3/h11-12H,4-10H2,1-3H3,(H,16,17). The third kappa shape index (κ3) is 3.93. The number of hydrogen-bond acceptors (Lipinski definition) is 4. The van der Waals surface area contributed by atoms with Crippen molar-refractivity contribution in [2.24, 2.45) is 0 Å². The molecule has 2 atom stereocenters. The number of ether oxygens (including phenoxy) is 1. The third-order valence-corrected chi connectivity index (χ3v) is 3.80. The first-order chi connectivity index (χ1) is 8.63. The summed E-state index contributed by atoms with van der Waals surface area (Å²) in [6, 6.07) is 0.117. The molecule has 0 bridgehead atoms. The predicted molar refractivity (Wildman–Crippen MR) is 70.8 cm³/mol. The van der Waals surface area contributed by atoms with Gasteiger partial charge in [-0.3, -0.25) is 14.6 Å². The van der Waals surface area contributed by atoms with Crippen molar-refractivity contribution in [3.05, 3.63) is 0 Å². The lowest BCUT2D eigenvalue weighted by Crippen LogP contribution is -2.57. The second-order valence-corrected chi connectivity index (χ2v) is 4.85. The molecule has 1 fully saturated rings. The van der Waals surface area contributed by atoms with Gasteiger partial charge in [0.1, 0.15) is 6.04 Å². The van der Waals surface area contributed by atoms with Gasteiger partial charge in [-0.25, -0.2) is 0 Å². The highest BCUT2D eigenvalue weighted by atomic mass is 16.5. The number of carboxylic acids is 1. The van der Waals surface area contributed by atoms with Crippen molar-refractivity contribution >= 4 is 5.97 Å². The molecule has 18 heavy (non-hydrogen) atoms. The van der Waals surface area contributed by atoms with Gasteiger partial charge in [0.25, 0.3) is 0 Å². The Morgan fingerprint density at radius 2 is 2.17 bits per heavy atom. The molecule has 2 unspecified atom stereocenters. The van der Waals surface area contributed by atoms with E-state index in [4.69, 9.17) is 4.74 Å². The van der Waals surface area contributed by atoms with Crippen LogP contribution >= 0.6 is 0 Å². The minimum Gasteiger partial charge on any atom is -0.480 e. The van der Waals surface area contributed by atoms with E-state index in [1.165, 1.54) is 0 Å². The molecule has 0 aliphatic carbocycles. The van der Waals surface area contributed by atoms with Crippen LogP contribution in [0.15, 0.2) is 0 Å². The van der Waals surface area contributed by atoms with Crippen LogP contribution < -0.4 is 0 Å². The molecule has 0 aromatic heterocycles. The molecule has 5 heteroatoms. The monoisotopic (exact) mass is 258 g/mol. The molecule has 106 valence electrons. The molecule has 1 aliphatic rings. The van der Waals surface area contributed by atoms with Crippen LogP contribution in [0.4, 0.5) is 0 Å². The van der Waals surface area contributed by atoms with Gasteiger partial charge in [0.2, 0.25) is 0 Å². The van der Waals surface area contributed by atoms with Crippen molar-refractivity contribution in [3.63, 3.8) is 0 Å². The largest absolute Gasteiger partial charge is 0.480 e. The Bertz CT molecular complexity index is 261. The molecule has 0 spiro atoms. The highest BCUT2D eigenvalue weighted by Crippen LogP contribution is 2.16. The Morgan fingerprint density at radius 3 is 2.67 bits per heavy atom. The van der Waals surface area contributed by atoms with Crippen LogP contribution in [0.1, 0.15) is 26.7 Å². The number of aliphatic carboxylic acids is 1. The van der Waals surface area contributed by atoms with E-state index in [-0.39, 0.29) is 6.04 Å². The number of piperazine rings is 1. The second kappa shape index (κ2) is 7.71. The molecule has 0 amide bonds. The summed E-state index contributed by atoms with van der Waals surface area (Å²) < 4.78 is 5.12. The average molecular weight is 258 g/mol. The summed E-state index contributed by atoms with van der Waals surface area (Å²) in [6.45, 7) is 8.41. The van der Waals surface area contributed by atoms with Crippen molar-refractivity contribution in [2.75, 3.05) is 39.9 Å². The predicted octanol–water partition coefficient (Wildman–Crippen LogP) is 0.892. The first kappa shape index (κ1) is 15.4. The van der Waals surface area contributed by atoms with Crippen molar-refractivity contribution in [3.8, 4) is 0 Å². The summed E-state index contributed by atoms with van der Waals surface area (Å²) in [5.74, 6) is -0.697. The molecule has 1 N–H and O–H groups in total. The van der Waals surface area contributed by atoms with Crippen LogP contribution in [-0.4, -0.2) is 72.9 Å². The molecule has 5 nitrogen and oxygen atoms in total. The molecule has 0 aromatic carbocycles. The van der Waals surface area contributed by atoms with Gasteiger partial charge < -0.3 is 9.84 Å². The fraction of sp³-hybridized carbons (Fsp3) is 0.923. The number of rotatable bonds is 7. The Labute approximate surface area is 110 Å². The van der Waals surface area contributed by atoms with E-state index in [2.05, 4.69) is 16.7 Å². The highest BCUT2D eigenvalue weighted by molar-refractivity contribution is 5.73. The van der Waals surface area contributed by atoms with Crippen LogP contribution in [0.25, 0.3) is 0 Å². The third-order valence-electron chi connectivity index (χ3n) is 3.80. The van der Waals surface area contributed by atoms with E-state index < -0.39 is 5.97 Å². The van der Waals surface area contributed by atoms with E-state index in [1.807, 2.05) is 6.92 Å². The molecule has 0 radical (unpaired) electrons. The molecule has 1 saturated heterocycles. The number of carboxylic acid groups (broad SMARTS) is 1. The summed E-state index contributed by atoms with van der Waals surface area (Å²) in [5, 5.41) is 9.22. The Balaban J connectivity index is 2.56. The summed E-state index contributed by atoms with van der Waals surface area (Å²) in [7, 11) is 1.72. The first-order valence-electron chi connectivity index (χ1n) is 6.83. The van der Waals surface area contributed by atoms with Crippen LogP contribution in [0.2, 0.25) is 0 Å². The molecular formula is C13H26N2O3. The quantitative estimate of drug-likeness (QED) is 0.735. The Kier molecular flexibility index (Phi) is 6.60. The van der Waals surface area contributed by atoms with Gasteiger partial charge in [-0.15, -0.1) is 0 Å². The van der Waals surface area contributed by atoms with Gasteiger partial charge in [0, 0.05) is 39.3 Å². The highest BCUT2D eigenvalue weighted by Gasteiger charge is 2.31. The fourth-order valence-electron chi connectivity index (χ4n) is 2.68. The zero-order chi connectivity index (χ0) is 13.5. The van der Waals surface area contributed by atoms with Crippen molar-refractivity contribution in [2.45, 2.75) is 38.8 Å². The van der Waals surface area contributed by atoms with Crippen LogP contribution in [0.3, 0.4) is 0 Å². The van der Waals surface area contributed by atoms with E-state index in [1.54, 1.807) is 7.11 Å². The van der Waals surface area contributed by atoms with Crippen LogP contribution in [0, 0.1) is 0 Å². The lowest BCUT2D eigenvalue weighted by Gasteiger charge is -2.43. The van der Waals surface area contributed by atoms with E-state index >= 15 is 0 Å². The van der Waals surface area contributed by atoms with Crippen LogP contribution in [0.5, 0.6) is 0 Å². The first-order valence-corrected chi connectivity index (χ1v) is 6.83. The summed E-state index contributed by atoms with van der Waals surface area (Å²) in [5.41, 5.74) is 0. The SMILES string of the molecule is CCC1CN(C(CC)C(=O)O)CCN1CCOC. The maximum absolute atomic E-state index is 11.2. The molecule has 1 rings (SSSR count). The van der Waals surface area contributed by atoms with Gasteiger partial charge >= 0.3 is 5.97 Å². The smallest absolute Gasteiger partial charge is 0.320 e. The minimum atomic E-state index is -0.697. The Hall–Kier alpha value is -0.650. The maximum atomic E-state index is 11.2. The van der Waals surface area contributed by atoms with Crippen molar-refractivity contribution in [1.82, 2.24) is 9.80 Å².